The van der Waals surface area contributed by atoms with Gasteiger partial charge in [-0.25, -0.2) is 15.0 Å². The summed E-state index contributed by atoms with van der Waals surface area (Å²) in [6.07, 6.45) is 14.3. The number of fused-ring (bicyclic) bond motifs is 1. The first-order valence-electron chi connectivity index (χ1n) is 12.0. The van der Waals surface area contributed by atoms with Gasteiger partial charge in [0, 0.05) is 25.4 Å². The first-order valence-corrected chi connectivity index (χ1v) is 12.0. The molecule has 0 aliphatic heterocycles. The summed E-state index contributed by atoms with van der Waals surface area (Å²) in [5.74, 6) is 1.31. The van der Waals surface area contributed by atoms with E-state index in [9.17, 15) is 14.7 Å². The van der Waals surface area contributed by atoms with Crippen LogP contribution in [0.4, 0.5) is 0 Å². The maximum absolute atomic E-state index is 13.2. The molecular weight excluding hydrogens is 392 g/mol. The van der Waals surface area contributed by atoms with Gasteiger partial charge in [0.1, 0.15) is 5.82 Å². The van der Waals surface area contributed by atoms with Crippen molar-refractivity contribution in [2.45, 2.75) is 84.1 Å². The minimum atomic E-state index is -0.609. The van der Waals surface area contributed by atoms with Gasteiger partial charge in [0.2, 0.25) is 0 Å². The lowest BCUT2D eigenvalue weighted by Crippen LogP contribution is -2.35. The third-order valence-electron chi connectivity index (χ3n) is 7.50. The van der Waals surface area contributed by atoms with Crippen LogP contribution in [0.3, 0.4) is 0 Å². The van der Waals surface area contributed by atoms with Gasteiger partial charge >= 0.3 is 5.97 Å². The molecule has 31 heavy (non-hydrogen) atoms. The summed E-state index contributed by atoms with van der Waals surface area (Å²) in [6, 6.07) is 0. The Bertz CT molecular complexity index is 965. The molecular formula is C24H34N4O3. The highest BCUT2D eigenvalue weighted by atomic mass is 16.4. The molecule has 2 fully saturated rings. The van der Waals surface area contributed by atoms with Gasteiger partial charge in [-0.2, -0.15) is 0 Å². The first-order chi connectivity index (χ1) is 15.1. The summed E-state index contributed by atoms with van der Waals surface area (Å²) < 4.78 is 1.85. The van der Waals surface area contributed by atoms with Gasteiger partial charge in [0.25, 0.3) is 5.56 Å². The summed E-state index contributed by atoms with van der Waals surface area (Å²) in [6.45, 7) is 2.82. The molecule has 168 valence electrons. The Hall–Kier alpha value is -2.31. The Morgan fingerprint density at radius 2 is 1.84 bits per heavy atom. The molecule has 4 rings (SSSR count). The lowest BCUT2D eigenvalue weighted by Gasteiger charge is -2.39. The Kier molecular flexibility index (Phi) is 6.98. The van der Waals surface area contributed by atoms with E-state index in [0.29, 0.717) is 35.5 Å². The smallest absolute Gasteiger partial charge is 0.306 e. The number of hydrogen-bond acceptors (Lipinski definition) is 5. The van der Waals surface area contributed by atoms with Crippen molar-refractivity contribution in [3.8, 4) is 0 Å². The number of aromatic nitrogens is 4. The molecule has 2 atom stereocenters. The van der Waals surface area contributed by atoms with E-state index in [1.54, 1.807) is 12.4 Å². The van der Waals surface area contributed by atoms with Crippen molar-refractivity contribution in [3.05, 3.63) is 28.6 Å². The number of aliphatic carboxylic acids is 1. The fourth-order valence-electron chi connectivity index (χ4n) is 5.79. The molecule has 2 saturated carbocycles. The summed E-state index contributed by atoms with van der Waals surface area (Å²) in [5.41, 5.74) is 0.711. The zero-order valence-corrected chi connectivity index (χ0v) is 18.5. The summed E-state index contributed by atoms with van der Waals surface area (Å²) >= 11 is 0. The number of unbranched alkanes of at least 4 members (excludes halogenated alkanes) is 1. The number of aryl methyl sites for hydroxylation is 1. The normalized spacial score (nSPS) is 26.7. The second kappa shape index (κ2) is 9.88. The standard InChI is InChI=1S/C24H34N4O3/c1-2-3-8-20-27-22-21(25-13-14-26-22)23(29)28(20)15-16-9-11-17(12-10-16)18-6-4-5-7-19(18)24(30)31/h13-14,16-19H,2-12,15H2,1H3,(H,30,31). The highest BCUT2D eigenvalue weighted by Crippen LogP contribution is 2.43. The molecule has 2 unspecified atom stereocenters. The van der Waals surface area contributed by atoms with Crippen LogP contribution in [0.25, 0.3) is 11.2 Å². The van der Waals surface area contributed by atoms with Gasteiger partial charge in [-0.1, -0.05) is 26.2 Å². The monoisotopic (exact) mass is 426 g/mol. The zero-order chi connectivity index (χ0) is 21.8. The number of carbonyl (C=O) groups is 1. The quantitative estimate of drug-likeness (QED) is 0.711. The zero-order valence-electron chi connectivity index (χ0n) is 18.5. The molecule has 7 nitrogen and oxygen atoms in total. The summed E-state index contributed by atoms with van der Waals surface area (Å²) in [5, 5.41) is 9.65. The van der Waals surface area contributed by atoms with Gasteiger partial charge in [-0.05, 0) is 62.7 Å². The molecule has 0 radical (unpaired) electrons. The van der Waals surface area contributed by atoms with Crippen molar-refractivity contribution in [2.75, 3.05) is 0 Å². The van der Waals surface area contributed by atoms with Crippen molar-refractivity contribution in [3.63, 3.8) is 0 Å². The Labute approximate surface area is 183 Å². The van der Waals surface area contributed by atoms with E-state index in [-0.39, 0.29) is 11.5 Å². The third kappa shape index (κ3) is 4.80. The van der Waals surface area contributed by atoms with E-state index in [2.05, 4.69) is 21.9 Å². The van der Waals surface area contributed by atoms with Gasteiger partial charge in [-0.15, -0.1) is 0 Å². The molecule has 0 aromatic carbocycles. The minimum absolute atomic E-state index is 0.0791. The van der Waals surface area contributed by atoms with Crippen LogP contribution < -0.4 is 5.56 Å². The van der Waals surface area contributed by atoms with Gasteiger partial charge < -0.3 is 5.11 Å². The second-order valence-corrected chi connectivity index (χ2v) is 9.45. The maximum atomic E-state index is 13.2. The number of rotatable bonds is 7. The van der Waals surface area contributed by atoms with Crippen LogP contribution in [0.2, 0.25) is 0 Å². The molecule has 0 amide bonds. The van der Waals surface area contributed by atoms with Crippen molar-refractivity contribution in [2.24, 2.45) is 23.7 Å². The van der Waals surface area contributed by atoms with Crippen molar-refractivity contribution in [1.29, 1.82) is 0 Å². The second-order valence-electron chi connectivity index (χ2n) is 9.45. The van der Waals surface area contributed by atoms with E-state index in [1.807, 2.05) is 4.57 Å². The third-order valence-corrected chi connectivity index (χ3v) is 7.50. The molecule has 0 bridgehead atoms. The van der Waals surface area contributed by atoms with E-state index in [4.69, 9.17) is 0 Å². The number of carboxylic acid groups (broad SMARTS) is 1. The molecule has 1 N–H and O–H groups in total. The van der Waals surface area contributed by atoms with Crippen molar-refractivity contribution in [1.82, 2.24) is 19.5 Å². The molecule has 7 heteroatoms. The minimum Gasteiger partial charge on any atom is -0.481 e. The lowest BCUT2D eigenvalue weighted by atomic mass is 9.66. The molecule has 2 heterocycles. The largest absolute Gasteiger partial charge is 0.481 e. The average molecular weight is 427 g/mol. The fourth-order valence-corrected chi connectivity index (χ4v) is 5.79. The van der Waals surface area contributed by atoms with Crippen LogP contribution >= 0.6 is 0 Å². The van der Waals surface area contributed by atoms with E-state index in [0.717, 1.165) is 76.5 Å². The molecule has 0 spiro atoms. The SMILES string of the molecule is CCCCc1nc2nccnc2c(=O)n1CC1CCC(C2CCCCC2C(=O)O)CC1. The molecule has 2 aliphatic rings. The van der Waals surface area contributed by atoms with Gasteiger partial charge in [0.15, 0.2) is 11.2 Å². The molecule has 2 aromatic rings. The fraction of sp³-hybridized carbons (Fsp3) is 0.708. The van der Waals surface area contributed by atoms with Crippen molar-refractivity contribution >= 4 is 17.1 Å². The van der Waals surface area contributed by atoms with E-state index < -0.39 is 5.97 Å². The van der Waals surface area contributed by atoms with Crippen LogP contribution in [0, 0.1) is 23.7 Å². The lowest BCUT2D eigenvalue weighted by molar-refractivity contribution is -0.146. The van der Waals surface area contributed by atoms with Crippen LogP contribution in [-0.2, 0) is 17.8 Å². The predicted octanol–water partition coefficient (Wildman–Crippen LogP) is 4.23. The first kappa shape index (κ1) is 21.9. The Morgan fingerprint density at radius 1 is 1.10 bits per heavy atom. The van der Waals surface area contributed by atoms with Crippen molar-refractivity contribution < 1.29 is 9.90 Å². The highest BCUT2D eigenvalue weighted by molar-refractivity contribution is 5.70. The number of hydrogen-bond donors (Lipinski definition) is 1. The molecule has 2 aliphatic carbocycles. The van der Waals surface area contributed by atoms with Gasteiger partial charge in [-0.3, -0.25) is 14.2 Å². The van der Waals surface area contributed by atoms with Crippen LogP contribution in [0.5, 0.6) is 0 Å². The Balaban J connectivity index is 1.48. The molecule has 2 aromatic heterocycles. The number of carboxylic acids is 1. The summed E-state index contributed by atoms with van der Waals surface area (Å²) in [7, 11) is 0. The van der Waals surface area contributed by atoms with Crippen LogP contribution in [-0.4, -0.2) is 30.6 Å². The highest BCUT2D eigenvalue weighted by Gasteiger charge is 2.37. The molecule has 0 saturated heterocycles. The van der Waals surface area contributed by atoms with Gasteiger partial charge in [0.05, 0.1) is 5.92 Å². The van der Waals surface area contributed by atoms with E-state index >= 15 is 0 Å². The number of nitrogens with zero attached hydrogens (tertiary/aromatic N) is 4. The Morgan fingerprint density at radius 3 is 2.58 bits per heavy atom. The van der Waals surface area contributed by atoms with E-state index in [1.165, 1.54) is 0 Å². The topological polar surface area (TPSA) is 98.0 Å². The maximum Gasteiger partial charge on any atom is 0.306 e. The van der Waals surface area contributed by atoms with Crippen LogP contribution in [0.15, 0.2) is 17.2 Å². The summed E-state index contributed by atoms with van der Waals surface area (Å²) in [4.78, 5) is 38.1. The predicted molar refractivity (Wildman–Crippen MR) is 119 cm³/mol. The van der Waals surface area contributed by atoms with Crippen LogP contribution in [0.1, 0.15) is 77.0 Å². The average Bonchev–Trinajstić information content (AvgIpc) is 2.80.